The van der Waals surface area contributed by atoms with Crippen LogP contribution in [0.1, 0.15) is 35.9 Å². The van der Waals surface area contributed by atoms with E-state index in [0.717, 1.165) is 12.8 Å². The van der Waals surface area contributed by atoms with Crippen LogP contribution in [0.4, 0.5) is 4.39 Å². The number of fused-ring (bicyclic) bond motifs is 1. The summed E-state index contributed by atoms with van der Waals surface area (Å²) >= 11 is 0. The van der Waals surface area contributed by atoms with Gasteiger partial charge >= 0.3 is 5.97 Å². The third-order valence-electron chi connectivity index (χ3n) is 2.83. The monoisotopic (exact) mass is 250 g/mol. The predicted molar refractivity (Wildman–Crippen MR) is 66.1 cm³/mol. The van der Waals surface area contributed by atoms with Crippen molar-refractivity contribution in [3.05, 3.63) is 35.3 Å². The fraction of sp³-hybridized carbons (Fsp3) is 0.357. The second-order valence-electron chi connectivity index (χ2n) is 4.16. The molecule has 18 heavy (non-hydrogen) atoms. The third-order valence-corrected chi connectivity index (χ3v) is 2.83. The largest absolute Gasteiger partial charge is 0.460 e. The van der Waals surface area contributed by atoms with Gasteiger partial charge in [0.15, 0.2) is 11.4 Å². The summed E-state index contributed by atoms with van der Waals surface area (Å²) in [6.45, 7) is 4.09. The second kappa shape index (κ2) is 5.21. The van der Waals surface area contributed by atoms with Crippen molar-refractivity contribution in [1.29, 1.82) is 0 Å². The van der Waals surface area contributed by atoms with Crippen LogP contribution in [0.3, 0.4) is 0 Å². The van der Waals surface area contributed by atoms with Gasteiger partial charge in [-0.1, -0.05) is 25.5 Å². The number of carbonyl (C=O) groups is 1. The molecule has 1 aromatic heterocycles. The number of carbonyl (C=O) groups excluding carboxylic acids is 1. The first-order chi connectivity index (χ1) is 8.65. The number of hydrogen-bond acceptors (Lipinski definition) is 3. The zero-order chi connectivity index (χ0) is 13.1. The summed E-state index contributed by atoms with van der Waals surface area (Å²) < 4.78 is 23.8. The molecule has 0 aliphatic rings. The molecule has 0 fully saturated rings. The van der Waals surface area contributed by atoms with Crippen molar-refractivity contribution in [2.75, 3.05) is 6.61 Å². The molecule has 0 aliphatic carbocycles. The van der Waals surface area contributed by atoms with Crippen molar-refractivity contribution in [3.8, 4) is 0 Å². The van der Waals surface area contributed by atoms with E-state index in [2.05, 4.69) is 0 Å². The molecule has 0 radical (unpaired) electrons. The summed E-state index contributed by atoms with van der Waals surface area (Å²) in [4.78, 5) is 11.8. The van der Waals surface area contributed by atoms with Crippen LogP contribution < -0.4 is 0 Å². The molecule has 0 saturated carbocycles. The quantitative estimate of drug-likeness (QED) is 0.611. The van der Waals surface area contributed by atoms with E-state index in [9.17, 15) is 9.18 Å². The van der Waals surface area contributed by atoms with E-state index in [1.807, 2.05) is 6.92 Å². The molecular weight excluding hydrogens is 235 g/mol. The van der Waals surface area contributed by atoms with Crippen LogP contribution in [0.15, 0.2) is 22.6 Å². The number of furan rings is 1. The van der Waals surface area contributed by atoms with E-state index in [0.29, 0.717) is 17.6 Å². The highest BCUT2D eigenvalue weighted by Crippen LogP contribution is 2.27. The second-order valence-corrected chi connectivity index (χ2v) is 4.16. The Labute approximate surface area is 105 Å². The van der Waals surface area contributed by atoms with Crippen LogP contribution in [-0.4, -0.2) is 12.6 Å². The van der Waals surface area contributed by atoms with Gasteiger partial charge in [0.1, 0.15) is 0 Å². The number of hydrogen-bond donors (Lipinski definition) is 0. The fourth-order valence-corrected chi connectivity index (χ4v) is 1.78. The topological polar surface area (TPSA) is 39.4 Å². The van der Waals surface area contributed by atoms with E-state index >= 15 is 0 Å². The zero-order valence-corrected chi connectivity index (χ0v) is 10.5. The van der Waals surface area contributed by atoms with Crippen molar-refractivity contribution in [2.24, 2.45) is 0 Å². The molecule has 0 bridgehead atoms. The number of para-hydroxylation sites is 1. The van der Waals surface area contributed by atoms with Crippen molar-refractivity contribution < 1.29 is 18.3 Å². The molecule has 0 spiro atoms. The maximum atomic E-state index is 13.5. The Hall–Kier alpha value is -1.84. The van der Waals surface area contributed by atoms with Gasteiger partial charge in [0.2, 0.25) is 5.76 Å². The highest BCUT2D eigenvalue weighted by molar-refractivity contribution is 5.96. The Morgan fingerprint density at radius 2 is 2.22 bits per heavy atom. The number of aryl methyl sites for hydroxylation is 1. The number of rotatable bonds is 4. The molecule has 1 heterocycles. The van der Waals surface area contributed by atoms with E-state index in [1.54, 1.807) is 19.1 Å². The summed E-state index contributed by atoms with van der Waals surface area (Å²) in [5, 5.41) is 0.609. The summed E-state index contributed by atoms with van der Waals surface area (Å²) in [5.41, 5.74) is 0.725. The van der Waals surface area contributed by atoms with Crippen molar-refractivity contribution in [3.63, 3.8) is 0 Å². The van der Waals surface area contributed by atoms with Crippen molar-refractivity contribution >= 4 is 16.9 Å². The summed E-state index contributed by atoms with van der Waals surface area (Å²) in [6, 6.07) is 4.62. The van der Waals surface area contributed by atoms with Crippen LogP contribution in [0.25, 0.3) is 11.0 Å². The highest BCUT2D eigenvalue weighted by atomic mass is 19.1. The molecule has 0 saturated heterocycles. The minimum atomic E-state index is -0.531. The molecule has 1 aromatic carbocycles. The van der Waals surface area contributed by atoms with Gasteiger partial charge in [0.05, 0.1) is 6.61 Å². The Bertz CT molecular complexity index is 572. The lowest BCUT2D eigenvalue weighted by Gasteiger charge is -2.01. The average Bonchev–Trinajstić information content (AvgIpc) is 2.69. The van der Waals surface area contributed by atoms with Gasteiger partial charge in [-0.25, -0.2) is 9.18 Å². The number of esters is 1. The normalized spacial score (nSPS) is 10.8. The van der Waals surface area contributed by atoms with E-state index < -0.39 is 11.8 Å². The van der Waals surface area contributed by atoms with Crippen LogP contribution in [-0.2, 0) is 4.74 Å². The third kappa shape index (κ3) is 2.23. The van der Waals surface area contributed by atoms with Crippen molar-refractivity contribution in [1.82, 2.24) is 0 Å². The smallest absolute Gasteiger partial charge is 0.374 e. The van der Waals surface area contributed by atoms with Gasteiger partial charge in [-0.3, -0.25) is 0 Å². The predicted octanol–water partition coefficient (Wildman–Crippen LogP) is 3.84. The Morgan fingerprint density at radius 3 is 2.89 bits per heavy atom. The minimum Gasteiger partial charge on any atom is -0.460 e. The standard InChI is InChI=1S/C14H15FO3/c1-3-4-8-17-14(16)12-9(2)10-6-5-7-11(15)13(10)18-12/h5-7H,3-4,8H2,1-2H3. The molecule has 0 amide bonds. The van der Waals surface area contributed by atoms with E-state index in [4.69, 9.17) is 9.15 Å². The number of ether oxygens (including phenoxy) is 1. The van der Waals surface area contributed by atoms with Crippen molar-refractivity contribution in [2.45, 2.75) is 26.7 Å². The number of unbranched alkanes of at least 4 members (excludes halogenated alkanes) is 1. The van der Waals surface area contributed by atoms with Gasteiger partial charge in [0, 0.05) is 10.9 Å². The number of halogens is 1. The molecule has 96 valence electrons. The molecule has 2 rings (SSSR count). The maximum Gasteiger partial charge on any atom is 0.374 e. The molecule has 3 nitrogen and oxygen atoms in total. The van der Waals surface area contributed by atoms with E-state index in [1.165, 1.54) is 6.07 Å². The molecule has 0 atom stereocenters. The molecular formula is C14H15FO3. The summed E-state index contributed by atoms with van der Waals surface area (Å²) in [6.07, 6.45) is 1.75. The van der Waals surface area contributed by atoms with E-state index in [-0.39, 0.29) is 11.3 Å². The highest BCUT2D eigenvalue weighted by Gasteiger charge is 2.20. The summed E-state index contributed by atoms with van der Waals surface area (Å²) in [7, 11) is 0. The fourth-order valence-electron chi connectivity index (χ4n) is 1.78. The average molecular weight is 250 g/mol. The molecule has 4 heteroatoms. The first kappa shape index (κ1) is 12.6. The summed E-state index contributed by atoms with van der Waals surface area (Å²) in [5.74, 6) is -0.911. The molecule has 0 N–H and O–H groups in total. The minimum absolute atomic E-state index is 0.0891. The van der Waals surface area contributed by atoms with Gasteiger partial charge in [-0.05, 0) is 19.4 Å². The van der Waals surface area contributed by atoms with Gasteiger partial charge in [-0.2, -0.15) is 0 Å². The van der Waals surface area contributed by atoms with Gasteiger partial charge in [-0.15, -0.1) is 0 Å². The first-order valence-corrected chi connectivity index (χ1v) is 6.00. The lowest BCUT2D eigenvalue weighted by atomic mass is 10.1. The Balaban J connectivity index is 2.31. The molecule has 2 aromatic rings. The number of benzene rings is 1. The maximum absolute atomic E-state index is 13.5. The van der Waals surface area contributed by atoms with Gasteiger partial charge < -0.3 is 9.15 Å². The Kier molecular flexibility index (Phi) is 3.65. The van der Waals surface area contributed by atoms with Gasteiger partial charge in [0.25, 0.3) is 0 Å². The van der Waals surface area contributed by atoms with Crippen LogP contribution >= 0.6 is 0 Å². The molecule has 0 aliphatic heterocycles. The SMILES string of the molecule is CCCCOC(=O)c1oc2c(F)cccc2c1C. The first-order valence-electron chi connectivity index (χ1n) is 6.00. The lowest BCUT2D eigenvalue weighted by Crippen LogP contribution is -2.06. The van der Waals surface area contributed by atoms with Crippen LogP contribution in [0.2, 0.25) is 0 Å². The molecule has 0 unspecified atom stereocenters. The lowest BCUT2D eigenvalue weighted by molar-refractivity contribution is 0.0464. The Morgan fingerprint density at radius 1 is 1.44 bits per heavy atom. The van der Waals surface area contributed by atoms with Crippen LogP contribution in [0.5, 0.6) is 0 Å². The van der Waals surface area contributed by atoms with Crippen LogP contribution in [0, 0.1) is 12.7 Å². The zero-order valence-electron chi connectivity index (χ0n) is 10.5.